The second kappa shape index (κ2) is 2.99. The minimum absolute atomic E-state index is 0.0694. The fourth-order valence-corrected chi connectivity index (χ4v) is 1.21. The van der Waals surface area contributed by atoms with Crippen LogP contribution in [0.5, 0.6) is 5.75 Å². The van der Waals surface area contributed by atoms with Crippen LogP contribution in [0.25, 0.3) is 0 Å². The largest absolute Gasteiger partial charge is 0.504 e. The fourth-order valence-electron chi connectivity index (χ4n) is 0.555. The Bertz CT molecular complexity index is 302. The van der Waals surface area contributed by atoms with Gasteiger partial charge < -0.3 is 15.2 Å². The molecule has 0 atom stereocenters. The summed E-state index contributed by atoms with van der Waals surface area (Å²) in [5, 5.41) is 19.0. The molecule has 0 saturated carbocycles. The molecule has 1 heterocycles. The van der Waals surface area contributed by atoms with E-state index in [0.717, 1.165) is 6.20 Å². The lowest BCUT2D eigenvalue weighted by molar-refractivity contribution is -0.390. The van der Waals surface area contributed by atoms with Crippen LogP contribution in [0.2, 0.25) is 0 Å². The highest BCUT2D eigenvalue weighted by atomic mass is 127. The lowest BCUT2D eigenvalue weighted by Gasteiger charge is -1.93. The maximum atomic E-state index is 10.2. The summed E-state index contributed by atoms with van der Waals surface area (Å²) >= 11 is 1.74. The van der Waals surface area contributed by atoms with Crippen LogP contribution < -0.4 is 0 Å². The van der Waals surface area contributed by atoms with Crippen LogP contribution in [0.15, 0.2) is 12.3 Å². The van der Waals surface area contributed by atoms with Gasteiger partial charge in [0.25, 0.3) is 0 Å². The van der Waals surface area contributed by atoms with Gasteiger partial charge in [-0.05, 0) is 32.5 Å². The molecule has 58 valence electrons. The van der Waals surface area contributed by atoms with E-state index in [9.17, 15) is 10.1 Å². The predicted octanol–water partition coefficient (Wildman–Crippen LogP) is 1.30. The molecule has 0 spiro atoms. The number of hydrogen-bond donors (Lipinski definition) is 1. The molecule has 1 aromatic heterocycles. The smallest absolute Gasteiger partial charge is 0.377 e. The van der Waals surface area contributed by atoms with Crippen molar-refractivity contribution in [1.29, 1.82) is 0 Å². The molecule has 0 aliphatic carbocycles. The van der Waals surface area contributed by atoms with E-state index < -0.39 is 4.92 Å². The van der Waals surface area contributed by atoms with Crippen molar-refractivity contribution in [3.05, 3.63) is 25.9 Å². The van der Waals surface area contributed by atoms with Crippen molar-refractivity contribution in [1.82, 2.24) is 4.98 Å². The van der Waals surface area contributed by atoms with Gasteiger partial charge in [0.2, 0.25) is 0 Å². The predicted molar refractivity (Wildman–Crippen MR) is 45.3 cm³/mol. The van der Waals surface area contributed by atoms with Gasteiger partial charge in [0.05, 0.1) is 0 Å². The van der Waals surface area contributed by atoms with E-state index in [-0.39, 0.29) is 11.6 Å². The van der Waals surface area contributed by atoms with Crippen LogP contribution in [0.3, 0.4) is 0 Å². The molecule has 0 unspecified atom stereocenters. The van der Waals surface area contributed by atoms with Gasteiger partial charge in [0.1, 0.15) is 3.57 Å². The Morgan fingerprint density at radius 3 is 2.82 bits per heavy atom. The van der Waals surface area contributed by atoms with Gasteiger partial charge in [0, 0.05) is 6.07 Å². The molecule has 0 fully saturated rings. The molecular formula is C5H3IN2O3. The van der Waals surface area contributed by atoms with Crippen LogP contribution in [0, 0.1) is 13.7 Å². The monoisotopic (exact) mass is 266 g/mol. The van der Waals surface area contributed by atoms with Crippen molar-refractivity contribution in [3.63, 3.8) is 0 Å². The van der Waals surface area contributed by atoms with Crippen molar-refractivity contribution < 1.29 is 10.0 Å². The van der Waals surface area contributed by atoms with Gasteiger partial charge in [-0.25, -0.2) is 0 Å². The second-order valence-corrected chi connectivity index (χ2v) is 2.92. The molecular weight excluding hydrogens is 263 g/mol. The summed E-state index contributed by atoms with van der Waals surface area (Å²) in [6.07, 6.45) is 1.04. The summed E-state index contributed by atoms with van der Waals surface area (Å²) in [7, 11) is 0. The number of aromatic hydroxyl groups is 1. The molecule has 0 aliphatic heterocycles. The highest BCUT2D eigenvalue weighted by Crippen LogP contribution is 2.20. The van der Waals surface area contributed by atoms with Gasteiger partial charge in [0.15, 0.2) is 11.9 Å². The van der Waals surface area contributed by atoms with E-state index in [0.29, 0.717) is 3.57 Å². The van der Waals surface area contributed by atoms with Crippen LogP contribution in [-0.2, 0) is 0 Å². The number of rotatable bonds is 1. The standard InChI is InChI=1S/C5H3IN2O3/c6-4-1-3(9)2-7-5(4)8(10)11/h1-2,9H. The van der Waals surface area contributed by atoms with Crippen LogP contribution >= 0.6 is 22.6 Å². The first-order chi connectivity index (χ1) is 5.11. The molecule has 6 heteroatoms. The summed E-state index contributed by atoms with van der Waals surface area (Å²) in [4.78, 5) is 13.0. The summed E-state index contributed by atoms with van der Waals surface area (Å²) in [5.74, 6) is -0.302. The van der Waals surface area contributed by atoms with Crippen molar-refractivity contribution in [2.75, 3.05) is 0 Å². The Morgan fingerprint density at radius 2 is 2.36 bits per heavy atom. The topological polar surface area (TPSA) is 76.3 Å². The number of nitro groups is 1. The average Bonchev–Trinajstić information content (AvgIpc) is 1.85. The van der Waals surface area contributed by atoms with Crippen molar-refractivity contribution >= 4 is 28.4 Å². The molecule has 5 nitrogen and oxygen atoms in total. The fraction of sp³-hybridized carbons (Fsp3) is 0. The third-order valence-corrected chi connectivity index (χ3v) is 1.77. The molecule has 1 N–H and O–H groups in total. The normalized spacial score (nSPS) is 9.55. The quantitative estimate of drug-likeness (QED) is 0.472. The van der Waals surface area contributed by atoms with E-state index in [4.69, 9.17) is 5.11 Å². The second-order valence-electron chi connectivity index (χ2n) is 1.76. The van der Waals surface area contributed by atoms with E-state index in [1.165, 1.54) is 6.07 Å². The number of halogens is 1. The van der Waals surface area contributed by atoms with Crippen molar-refractivity contribution in [3.8, 4) is 5.75 Å². The number of pyridine rings is 1. The zero-order chi connectivity index (χ0) is 8.43. The van der Waals surface area contributed by atoms with Gasteiger partial charge in [-0.1, -0.05) is 0 Å². The molecule has 0 amide bonds. The Balaban J connectivity index is 3.20. The number of hydrogen-bond acceptors (Lipinski definition) is 4. The Hall–Kier alpha value is -0.920. The third-order valence-electron chi connectivity index (χ3n) is 0.980. The Morgan fingerprint density at radius 1 is 1.73 bits per heavy atom. The molecule has 1 aromatic rings. The number of aromatic nitrogens is 1. The Kier molecular flexibility index (Phi) is 2.22. The summed E-state index contributed by atoms with van der Waals surface area (Å²) in [5.41, 5.74) is 0. The average molecular weight is 266 g/mol. The first kappa shape index (κ1) is 8.18. The first-order valence-electron chi connectivity index (χ1n) is 2.60. The molecule has 11 heavy (non-hydrogen) atoms. The molecule has 0 saturated heterocycles. The number of nitrogens with zero attached hydrogens (tertiary/aromatic N) is 2. The molecule has 0 radical (unpaired) electrons. The summed E-state index contributed by atoms with van der Waals surface area (Å²) < 4.78 is 0.326. The molecule has 0 aromatic carbocycles. The molecule has 0 aliphatic rings. The zero-order valence-electron chi connectivity index (χ0n) is 5.19. The maximum absolute atomic E-state index is 10.2. The van der Waals surface area contributed by atoms with Gasteiger partial charge >= 0.3 is 5.82 Å². The highest BCUT2D eigenvalue weighted by molar-refractivity contribution is 14.1. The first-order valence-corrected chi connectivity index (χ1v) is 3.68. The minimum Gasteiger partial charge on any atom is -0.504 e. The lowest BCUT2D eigenvalue weighted by Crippen LogP contribution is -1.93. The Labute approximate surface area is 75.4 Å². The third kappa shape index (κ3) is 1.76. The zero-order valence-corrected chi connectivity index (χ0v) is 7.35. The van der Waals surface area contributed by atoms with E-state index in [2.05, 4.69) is 4.98 Å². The summed E-state index contributed by atoms with van der Waals surface area (Å²) in [6.45, 7) is 0. The van der Waals surface area contributed by atoms with Crippen LogP contribution in [0.1, 0.15) is 0 Å². The maximum Gasteiger partial charge on any atom is 0.377 e. The molecule has 0 bridgehead atoms. The van der Waals surface area contributed by atoms with Crippen LogP contribution in [0.4, 0.5) is 5.82 Å². The minimum atomic E-state index is -0.596. The highest BCUT2D eigenvalue weighted by Gasteiger charge is 2.12. The van der Waals surface area contributed by atoms with E-state index in [1.54, 1.807) is 22.6 Å². The molecule has 1 rings (SSSR count). The van der Waals surface area contributed by atoms with Crippen LogP contribution in [-0.4, -0.2) is 15.0 Å². The van der Waals surface area contributed by atoms with E-state index in [1.807, 2.05) is 0 Å². The van der Waals surface area contributed by atoms with Gasteiger partial charge in [-0.3, -0.25) is 0 Å². The van der Waals surface area contributed by atoms with E-state index >= 15 is 0 Å². The van der Waals surface area contributed by atoms with Gasteiger partial charge in [-0.2, -0.15) is 0 Å². The van der Waals surface area contributed by atoms with Crippen molar-refractivity contribution in [2.24, 2.45) is 0 Å². The van der Waals surface area contributed by atoms with Crippen molar-refractivity contribution in [2.45, 2.75) is 0 Å². The summed E-state index contributed by atoms with van der Waals surface area (Å²) in [6, 6.07) is 1.28. The van der Waals surface area contributed by atoms with Gasteiger partial charge in [-0.15, -0.1) is 0 Å². The lowest BCUT2D eigenvalue weighted by atomic mass is 10.4. The SMILES string of the molecule is O=[N+]([O-])c1ncc(O)cc1I.